The van der Waals surface area contributed by atoms with Crippen molar-refractivity contribution in [1.29, 1.82) is 0 Å². The zero-order chi connectivity index (χ0) is 13.6. The summed E-state index contributed by atoms with van der Waals surface area (Å²) < 4.78 is 7.16. The van der Waals surface area contributed by atoms with E-state index in [2.05, 4.69) is 25.1 Å². The predicted molar refractivity (Wildman–Crippen MR) is 83.5 cm³/mol. The van der Waals surface area contributed by atoms with Gasteiger partial charge in [0.2, 0.25) is 0 Å². The van der Waals surface area contributed by atoms with Crippen molar-refractivity contribution in [3.8, 4) is 0 Å². The van der Waals surface area contributed by atoms with Crippen LogP contribution in [0.4, 0.5) is 0 Å². The van der Waals surface area contributed by atoms with Gasteiger partial charge in [0.25, 0.3) is 0 Å². The molecule has 0 aliphatic carbocycles. The van der Waals surface area contributed by atoms with Gasteiger partial charge in [-0.05, 0) is 26.4 Å². The lowest BCUT2D eigenvalue weighted by Crippen LogP contribution is -2.30. The van der Waals surface area contributed by atoms with Crippen LogP contribution in [-0.4, -0.2) is 28.1 Å². The van der Waals surface area contributed by atoms with Gasteiger partial charge in [-0.1, -0.05) is 11.8 Å². The van der Waals surface area contributed by atoms with Gasteiger partial charge in [0, 0.05) is 16.9 Å². The molecule has 2 aromatic rings. The lowest BCUT2D eigenvalue weighted by Gasteiger charge is -2.29. The third-order valence-electron chi connectivity index (χ3n) is 3.23. The highest BCUT2D eigenvalue weighted by molar-refractivity contribution is 7.99. The number of thiophene rings is 1. The van der Waals surface area contributed by atoms with Crippen LogP contribution in [0.5, 0.6) is 0 Å². The zero-order valence-electron chi connectivity index (χ0n) is 11.4. The van der Waals surface area contributed by atoms with Crippen LogP contribution >= 0.6 is 34.9 Å². The molecule has 0 spiro atoms. The zero-order valence-corrected chi connectivity index (χ0v) is 13.9. The number of hydrogen-bond acceptors (Lipinski definition) is 6. The second-order valence-electron chi connectivity index (χ2n) is 5.13. The Morgan fingerprint density at radius 3 is 2.68 bits per heavy atom. The minimum atomic E-state index is -0.0663. The first kappa shape index (κ1) is 13.7. The van der Waals surface area contributed by atoms with Crippen molar-refractivity contribution in [3.05, 3.63) is 10.4 Å². The van der Waals surface area contributed by atoms with Crippen molar-refractivity contribution in [2.24, 2.45) is 0 Å². The molecule has 0 saturated heterocycles. The molecule has 19 heavy (non-hydrogen) atoms. The Hall–Kier alpha value is -0.300. The maximum absolute atomic E-state index is 5.94. The molecular formula is C13H16N2OS3. The van der Waals surface area contributed by atoms with Crippen molar-refractivity contribution in [2.75, 3.05) is 12.5 Å². The summed E-state index contributed by atoms with van der Waals surface area (Å²) in [5, 5.41) is 1.94. The maximum Gasteiger partial charge on any atom is 0.188 e. The van der Waals surface area contributed by atoms with Crippen LogP contribution in [0.3, 0.4) is 0 Å². The molecule has 1 aliphatic heterocycles. The van der Waals surface area contributed by atoms with Gasteiger partial charge < -0.3 is 4.74 Å². The lowest BCUT2D eigenvalue weighted by molar-refractivity contribution is -0.0383. The highest BCUT2D eigenvalue weighted by Gasteiger charge is 2.30. The van der Waals surface area contributed by atoms with E-state index in [1.54, 1.807) is 23.5 Å². The van der Waals surface area contributed by atoms with Crippen molar-refractivity contribution in [3.63, 3.8) is 0 Å². The van der Waals surface area contributed by atoms with Crippen LogP contribution < -0.4 is 0 Å². The van der Waals surface area contributed by atoms with Gasteiger partial charge >= 0.3 is 0 Å². The molecule has 6 heteroatoms. The molecule has 0 N–H and O–H groups in total. The van der Waals surface area contributed by atoms with Crippen molar-refractivity contribution in [2.45, 2.75) is 42.7 Å². The topological polar surface area (TPSA) is 35.0 Å². The molecule has 3 heterocycles. The number of thioether (sulfide) groups is 2. The fourth-order valence-electron chi connectivity index (χ4n) is 2.25. The molecule has 0 saturated carbocycles. The first-order valence-electron chi connectivity index (χ1n) is 6.08. The molecule has 0 amide bonds. The fraction of sp³-hybridized carbons (Fsp3) is 0.538. The van der Waals surface area contributed by atoms with Gasteiger partial charge in [-0.2, -0.15) is 0 Å². The average Bonchev–Trinajstić information content (AvgIpc) is 2.73. The van der Waals surface area contributed by atoms with Gasteiger partial charge in [0.1, 0.15) is 5.03 Å². The van der Waals surface area contributed by atoms with Crippen molar-refractivity contribution >= 4 is 45.1 Å². The predicted octanol–water partition coefficient (Wildman–Crippen LogP) is 3.99. The number of ether oxygens (including phenoxy) is 1. The first-order valence-corrected chi connectivity index (χ1v) is 9.35. The van der Waals surface area contributed by atoms with E-state index in [-0.39, 0.29) is 5.60 Å². The molecule has 1 aliphatic rings. The summed E-state index contributed by atoms with van der Waals surface area (Å²) in [7, 11) is 0. The third-order valence-corrected chi connectivity index (χ3v) is 5.82. The molecule has 0 atom stereocenters. The average molecular weight is 312 g/mol. The van der Waals surface area contributed by atoms with E-state index in [4.69, 9.17) is 9.72 Å². The van der Waals surface area contributed by atoms with Gasteiger partial charge in [-0.25, -0.2) is 9.97 Å². The molecule has 0 unspecified atom stereocenters. The normalized spacial score (nSPS) is 17.7. The monoisotopic (exact) mass is 312 g/mol. The van der Waals surface area contributed by atoms with E-state index in [9.17, 15) is 0 Å². The summed E-state index contributed by atoms with van der Waals surface area (Å²) in [5.41, 5.74) is 2.30. The molecule has 0 bridgehead atoms. The van der Waals surface area contributed by atoms with E-state index in [1.165, 1.54) is 15.1 Å². The first-order chi connectivity index (χ1) is 9.04. The quantitative estimate of drug-likeness (QED) is 0.476. The van der Waals surface area contributed by atoms with E-state index in [0.29, 0.717) is 6.61 Å². The minimum absolute atomic E-state index is 0.0663. The summed E-state index contributed by atoms with van der Waals surface area (Å²) in [6.07, 6.45) is 5.06. The largest absolute Gasteiger partial charge is 0.370 e. The Balaban J connectivity index is 2.22. The smallest absolute Gasteiger partial charge is 0.188 e. The number of nitrogens with zero attached hydrogens (tertiary/aromatic N) is 2. The molecular weight excluding hydrogens is 296 g/mol. The van der Waals surface area contributed by atoms with Crippen LogP contribution in [0.2, 0.25) is 0 Å². The Labute approximate surface area is 125 Å². The highest BCUT2D eigenvalue weighted by Crippen LogP contribution is 2.41. The van der Waals surface area contributed by atoms with Crippen molar-refractivity contribution < 1.29 is 4.74 Å². The van der Waals surface area contributed by atoms with Gasteiger partial charge in [-0.3, -0.25) is 0 Å². The number of hydrogen-bond donors (Lipinski definition) is 0. The molecule has 2 aromatic heterocycles. The van der Waals surface area contributed by atoms with Crippen LogP contribution in [-0.2, 0) is 17.8 Å². The summed E-state index contributed by atoms with van der Waals surface area (Å²) in [5.74, 6) is 0. The highest BCUT2D eigenvalue weighted by atomic mass is 32.2. The molecule has 3 rings (SSSR count). The standard InChI is InChI=1S/C13H16N2OS3/c1-13(2)5-8-7(6-16-13)9-10(19-8)11(17-3)15-12(14-9)18-4/h5-6H2,1-4H3. The maximum atomic E-state index is 5.94. The van der Waals surface area contributed by atoms with E-state index in [0.717, 1.165) is 22.1 Å². The van der Waals surface area contributed by atoms with Gasteiger partial charge in [0.15, 0.2) is 5.16 Å². The second kappa shape index (κ2) is 4.91. The molecule has 102 valence electrons. The van der Waals surface area contributed by atoms with Crippen LogP contribution in [0, 0.1) is 0 Å². The minimum Gasteiger partial charge on any atom is -0.370 e. The SMILES string of the molecule is CSc1nc(SC)c2sc3c(c2n1)COC(C)(C)C3. The van der Waals surface area contributed by atoms with Gasteiger partial charge in [0.05, 0.1) is 22.4 Å². The van der Waals surface area contributed by atoms with E-state index in [1.807, 2.05) is 17.6 Å². The Morgan fingerprint density at radius 1 is 1.21 bits per heavy atom. The van der Waals surface area contributed by atoms with Crippen LogP contribution in [0.15, 0.2) is 10.2 Å². The summed E-state index contributed by atoms with van der Waals surface area (Å²) in [4.78, 5) is 10.7. The molecule has 0 fully saturated rings. The van der Waals surface area contributed by atoms with Gasteiger partial charge in [-0.15, -0.1) is 23.1 Å². The Morgan fingerprint density at radius 2 is 2.00 bits per heavy atom. The summed E-state index contributed by atoms with van der Waals surface area (Å²) in [6.45, 7) is 4.96. The summed E-state index contributed by atoms with van der Waals surface area (Å²) >= 11 is 5.13. The third kappa shape index (κ3) is 2.39. The second-order valence-corrected chi connectivity index (χ2v) is 7.80. The molecule has 0 radical (unpaired) electrons. The summed E-state index contributed by atoms with van der Waals surface area (Å²) in [6, 6.07) is 0. The van der Waals surface area contributed by atoms with Crippen molar-refractivity contribution in [1.82, 2.24) is 9.97 Å². The van der Waals surface area contributed by atoms with Crippen LogP contribution in [0.25, 0.3) is 10.2 Å². The number of fused-ring (bicyclic) bond motifs is 3. The molecule has 0 aromatic carbocycles. The van der Waals surface area contributed by atoms with Crippen LogP contribution in [0.1, 0.15) is 24.3 Å². The Bertz CT molecular complexity index is 636. The fourth-order valence-corrected chi connectivity index (χ4v) is 4.85. The molecule has 3 nitrogen and oxygen atoms in total. The number of rotatable bonds is 2. The Kier molecular flexibility index (Phi) is 3.53. The van der Waals surface area contributed by atoms with E-state index < -0.39 is 0 Å². The number of aromatic nitrogens is 2. The van der Waals surface area contributed by atoms with E-state index >= 15 is 0 Å². The lowest BCUT2D eigenvalue weighted by atomic mass is 9.98.